The average Bonchev–Trinajstić information content (AvgIpc) is 3.04. The van der Waals surface area contributed by atoms with Crippen molar-refractivity contribution in [3.63, 3.8) is 0 Å². The van der Waals surface area contributed by atoms with E-state index in [2.05, 4.69) is 68.4 Å². The lowest BCUT2D eigenvalue weighted by molar-refractivity contribution is 0.174. The van der Waals surface area contributed by atoms with Gasteiger partial charge in [-0.1, -0.05) is 54.1 Å². The summed E-state index contributed by atoms with van der Waals surface area (Å²) >= 11 is 0. The summed E-state index contributed by atoms with van der Waals surface area (Å²) in [5.41, 5.74) is 7.44. The minimum Gasteiger partial charge on any atom is -0.454 e. The van der Waals surface area contributed by atoms with Crippen molar-refractivity contribution in [2.45, 2.75) is 13.8 Å². The summed E-state index contributed by atoms with van der Waals surface area (Å²) in [6.45, 7) is 4.59. The van der Waals surface area contributed by atoms with Gasteiger partial charge in [0.1, 0.15) is 0 Å². The molecule has 114 valence electrons. The van der Waals surface area contributed by atoms with E-state index in [1.165, 1.54) is 27.8 Å². The molecule has 0 aliphatic carbocycles. The zero-order valence-corrected chi connectivity index (χ0v) is 13.3. The van der Waals surface area contributed by atoms with Crippen LogP contribution < -0.4 is 9.47 Å². The van der Waals surface area contributed by atoms with Gasteiger partial charge in [-0.05, 0) is 53.8 Å². The molecular formula is C21H18O2. The Balaban J connectivity index is 1.81. The number of aryl methyl sites for hydroxylation is 1. The summed E-state index contributed by atoms with van der Waals surface area (Å²) in [5, 5.41) is 0. The van der Waals surface area contributed by atoms with Crippen LogP contribution in [0.3, 0.4) is 0 Å². The summed E-state index contributed by atoms with van der Waals surface area (Å²) < 4.78 is 10.9. The summed E-state index contributed by atoms with van der Waals surface area (Å²) in [5.74, 6) is 1.64. The molecule has 1 aliphatic heterocycles. The first-order valence-electron chi connectivity index (χ1n) is 7.79. The van der Waals surface area contributed by atoms with Crippen molar-refractivity contribution in [2.75, 3.05) is 6.79 Å². The SMILES string of the molecule is Cc1ccc(-c2cccc(-c3ccc4c(c3)OCO4)c2C)cc1. The molecule has 0 N–H and O–H groups in total. The maximum absolute atomic E-state index is 5.51. The van der Waals surface area contributed by atoms with Gasteiger partial charge in [-0.2, -0.15) is 0 Å². The number of benzene rings is 3. The van der Waals surface area contributed by atoms with Gasteiger partial charge in [-0.25, -0.2) is 0 Å². The van der Waals surface area contributed by atoms with Gasteiger partial charge in [0.25, 0.3) is 0 Å². The van der Waals surface area contributed by atoms with Gasteiger partial charge in [-0.15, -0.1) is 0 Å². The van der Waals surface area contributed by atoms with Gasteiger partial charge in [0, 0.05) is 0 Å². The van der Waals surface area contributed by atoms with Crippen LogP contribution in [0, 0.1) is 13.8 Å². The van der Waals surface area contributed by atoms with Crippen molar-refractivity contribution < 1.29 is 9.47 Å². The van der Waals surface area contributed by atoms with Gasteiger partial charge in [0.05, 0.1) is 0 Å². The number of rotatable bonds is 2. The standard InChI is InChI=1S/C21H18O2/c1-14-6-8-16(9-7-14)18-4-3-5-19(15(18)2)17-10-11-20-21(12-17)23-13-22-20/h3-12H,13H2,1-2H3. The smallest absolute Gasteiger partial charge is 0.231 e. The number of ether oxygens (including phenoxy) is 2. The summed E-state index contributed by atoms with van der Waals surface area (Å²) in [7, 11) is 0. The molecule has 0 amide bonds. The third-order valence-corrected chi connectivity index (χ3v) is 4.38. The first kappa shape index (κ1) is 13.9. The van der Waals surface area contributed by atoms with Crippen LogP contribution in [0.2, 0.25) is 0 Å². The predicted molar refractivity (Wildman–Crippen MR) is 92.9 cm³/mol. The minimum atomic E-state index is 0.307. The number of fused-ring (bicyclic) bond motifs is 1. The van der Waals surface area contributed by atoms with Gasteiger partial charge < -0.3 is 9.47 Å². The third-order valence-electron chi connectivity index (χ3n) is 4.38. The average molecular weight is 302 g/mol. The second kappa shape index (κ2) is 5.47. The molecule has 2 nitrogen and oxygen atoms in total. The van der Waals surface area contributed by atoms with Crippen LogP contribution in [-0.4, -0.2) is 6.79 Å². The molecule has 3 aromatic carbocycles. The Labute approximate surface area is 136 Å². The van der Waals surface area contributed by atoms with E-state index in [1.807, 2.05) is 6.07 Å². The fraction of sp³-hybridized carbons (Fsp3) is 0.143. The minimum absolute atomic E-state index is 0.307. The van der Waals surface area contributed by atoms with E-state index in [0.29, 0.717) is 6.79 Å². The molecule has 0 aromatic heterocycles. The zero-order chi connectivity index (χ0) is 15.8. The molecule has 3 aromatic rings. The van der Waals surface area contributed by atoms with Crippen molar-refractivity contribution in [1.29, 1.82) is 0 Å². The molecule has 0 atom stereocenters. The molecule has 2 heteroatoms. The zero-order valence-electron chi connectivity index (χ0n) is 13.3. The van der Waals surface area contributed by atoms with E-state index in [9.17, 15) is 0 Å². The third kappa shape index (κ3) is 2.46. The Hall–Kier alpha value is -2.74. The number of hydrogen-bond acceptors (Lipinski definition) is 2. The van der Waals surface area contributed by atoms with Crippen LogP contribution >= 0.6 is 0 Å². The second-order valence-electron chi connectivity index (χ2n) is 5.91. The van der Waals surface area contributed by atoms with Crippen molar-refractivity contribution in [3.05, 3.63) is 71.8 Å². The lowest BCUT2D eigenvalue weighted by Crippen LogP contribution is -1.92. The van der Waals surface area contributed by atoms with E-state index in [0.717, 1.165) is 17.1 Å². The van der Waals surface area contributed by atoms with E-state index in [1.54, 1.807) is 0 Å². The lowest BCUT2D eigenvalue weighted by atomic mass is 9.92. The summed E-state index contributed by atoms with van der Waals surface area (Å²) in [6, 6.07) is 21.3. The van der Waals surface area contributed by atoms with Crippen LogP contribution in [-0.2, 0) is 0 Å². The molecule has 4 rings (SSSR count). The predicted octanol–water partition coefficient (Wildman–Crippen LogP) is 5.37. The molecule has 0 bridgehead atoms. The fourth-order valence-electron chi connectivity index (χ4n) is 3.06. The van der Waals surface area contributed by atoms with Crippen molar-refractivity contribution in [2.24, 2.45) is 0 Å². The van der Waals surface area contributed by atoms with E-state index >= 15 is 0 Å². The Morgan fingerprint density at radius 3 is 2.13 bits per heavy atom. The summed E-state index contributed by atoms with van der Waals surface area (Å²) in [4.78, 5) is 0. The van der Waals surface area contributed by atoms with Crippen molar-refractivity contribution in [1.82, 2.24) is 0 Å². The lowest BCUT2D eigenvalue weighted by Gasteiger charge is -2.12. The molecule has 1 heterocycles. The fourth-order valence-corrected chi connectivity index (χ4v) is 3.06. The first-order chi connectivity index (χ1) is 11.2. The van der Waals surface area contributed by atoms with E-state index < -0.39 is 0 Å². The Morgan fingerprint density at radius 2 is 1.35 bits per heavy atom. The van der Waals surface area contributed by atoms with Crippen molar-refractivity contribution >= 4 is 0 Å². The highest BCUT2D eigenvalue weighted by Crippen LogP contribution is 2.38. The molecule has 0 spiro atoms. The molecular weight excluding hydrogens is 284 g/mol. The Morgan fingerprint density at radius 1 is 0.696 bits per heavy atom. The highest BCUT2D eigenvalue weighted by atomic mass is 16.7. The van der Waals surface area contributed by atoms with Crippen LogP contribution in [0.1, 0.15) is 11.1 Å². The quantitative estimate of drug-likeness (QED) is 0.634. The van der Waals surface area contributed by atoms with Gasteiger partial charge in [0.2, 0.25) is 6.79 Å². The second-order valence-corrected chi connectivity index (χ2v) is 5.91. The number of hydrogen-bond donors (Lipinski definition) is 0. The van der Waals surface area contributed by atoms with Gasteiger partial charge in [-0.3, -0.25) is 0 Å². The maximum Gasteiger partial charge on any atom is 0.231 e. The normalized spacial score (nSPS) is 12.4. The van der Waals surface area contributed by atoms with Crippen LogP contribution in [0.5, 0.6) is 11.5 Å². The monoisotopic (exact) mass is 302 g/mol. The Kier molecular flexibility index (Phi) is 3.30. The van der Waals surface area contributed by atoms with Gasteiger partial charge in [0.15, 0.2) is 11.5 Å². The first-order valence-corrected chi connectivity index (χ1v) is 7.79. The molecule has 0 saturated carbocycles. The van der Waals surface area contributed by atoms with Crippen molar-refractivity contribution in [3.8, 4) is 33.8 Å². The molecule has 0 unspecified atom stereocenters. The highest BCUT2D eigenvalue weighted by Gasteiger charge is 2.15. The summed E-state index contributed by atoms with van der Waals surface area (Å²) in [6.07, 6.45) is 0. The topological polar surface area (TPSA) is 18.5 Å². The van der Waals surface area contributed by atoms with Gasteiger partial charge >= 0.3 is 0 Å². The largest absolute Gasteiger partial charge is 0.454 e. The molecule has 1 aliphatic rings. The van der Waals surface area contributed by atoms with E-state index in [-0.39, 0.29) is 0 Å². The maximum atomic E-state index is 5.51. The van der Waals surface area contributed by atoms with Crippen LogP contribution in [0.25, 0.3) is 22.3 Å². The molecule has 23 heavy (non-hydrogen) atoms. The van der Waals surface area contributed by atoms with Crippen LogP contribution in [0.15, 0.2) is 60.7 Å². The van der Waals surface area contributed by atoms with E-state index in [4.69, 9.17) is 9.47 Å². The van der Waals surface area contributed by atoms with Crippen LogP contribution in [0.4, 0.5) is 0 Å². The molecule has 0 saturated heterocycles. The highest BCUT2D eigenvalue weighted by molar-refractivity contribution is 5.79. The molecule has 0 fully saturated rings. The molecule has 0 radical (unpaired) electrons. The Bertz CT molecular complexity index is 864.